The molecular formula is C24H17OS2+. The molecule has 1 heterocycles. The van der Waals surface area contributed by atoms with Gasteiger partial charge < -0.3 is 5.11 Å². The number of aromatic hydroxyl groups is 1. The second-order valence-electron chi connectivity index (χ2n) is 6.35. The van der Waals surface area contributed by atoms with Gasteiger partial charge >= 0.3 is 0 Å². The first-order valence-electron chi connectivity index (χ1n) is 8.80. The molecule has 0 fully saturated rings. The molecule has 1 aliphatic rings. The van der Waals surface area contributed by atoms with E-state index in [2.05, 4.69) is 66.7 Å². The molecule has 0 aliphatic carbocycles. The first-order chi connectivity index (χ1) is 13.3. The maximum absolute atomic E-state index is 10.8. The summed E-state index contributed by atoms with van der Waals surface area (Å²) < 4.78 is 0. The van der Waals surface area contributed by atoms with Gasteiger partial charge in [0.15, 0.2) is 15.5 Å². The second-order valence-corrected chi connectivity index (χ2v) is 9.37. The van der Waals surface area contributed by atoms with Gasteiger partial charge in [0.2, 0.25) is 4.90 Å². The van der Waals surface area contributed by atoms with Crippen LogP contribution in [0.5, 0.6) is 5.75 Å². The quantitative estimate of drug-likeness (QED) is 0.345. The van der Waals surface area contributed by atoms with Crippen LogP contribution in [0.2, 0.25) is 0 Å². The highest BCUT2D eigenvalue weighted by atomic mass is 32.2. The number of phenols is 1. The third-order valence-corrected chi connectivity index (χ3v) is 8.41. The Bertz CT molecular complexity index is 1080. The van der Waals surface area contributed by atoms with Gasteiger partial charge in [-0.2, -0.15) is 0 Å². The topological polar surface area (TPSA) is 20.2 Å². The van der Waals surface area contributed by atoms with Crippen LogP contribution in [0.1, 0.15) is 0 Å². The summed E-state index contributed by atoms with van der Waals surface area (Å²) in [4.78, 5) is 6.08. The van der Waals surface area contributed by atoms with Gasteiger partial charge in [0, 0.05) is 6.07 Å². The van der Waals surface area contributed by atoms with Crippen molar-refractivity contribution in [3.63, 3.8) is 0 Å². The van der Waals surface area contributed by atoms with E-state index in [1.807, 2.05) is 42.1 Å². The lowest BCUT2D eigenvalue weighted by Crippen LogP contribution is -2.11. The molecule has 1 N–H and O–H groups in total. The Kier molecular flexibility index (Phi) is 4.19. The third-order valence-electron chi connectivity index (χ3n) is 4.64. The highest BCUT2D eigenvalue weighted by Gasteiger charge is 2.39. The minimum absolute atomic E-state index is 0.324. The maximum atomic E-state index is 10.8. The molecule has 0 saturated heterocycles. The van der Waals surface area contributed by atoms with Crippen molar-refractivity contribution in [3.8, 4) is 16.9 Å². The van der Waals surface area contributed by atoms with Crippen LogP contribution in [-0.4, -0.2) is 5.11 Å². The number of hydrogen-bond donors (Lipinski definition) is 1. The van der Waals surface area contributed by atoms with E-state index in [0.29, 0.717) is 5.75 Å². The molecular weight excluding hydrogens is 368 g/mol. The zero-order chi connectivity index (χ0) is 18.2. The molecule has 0 radical (unpaired) electrons. The van der Waals surface area contributed by atoms with E-state index in [0.717, 1.165) is 16.0 Å². The number of hydrogen-bond acceptors (Lipinski definition) is 2. The van der Waals surface area contributed by atoms with Crippen LogP contribution in [-0.2, 0) is 10.9 Å². The van der Waals surface area contributed by atoms with Gasteiger partial charge in [0.05, 0.1) is 9.79 Å². The van der Waals surface area contributed by atoms with E-state index in [1.165, 1.54) is 19.6 Å². The molecule has 130 valence electrons. The Morgan fingerprint density at radius 1 is 0.556 bits per heavy atom. The van der Waals surface area contributed by atoms with Crippen LogP contribution in [0.15, 0.2) is 122 Å². The summed E-state index contributed by atoms with van der Waals surface area (Å²) in [6.07, 6.45) is 0. The molecule has 5 rings (SSSR count). The van der Waals surface area contributed by atoms with E-state index >= 15 is 0 Å². The Hall–Kier alpha value is -2.62. The molecule has 4 aromatic rings. The molecule has 27 heavy (non-hydrogen) atoms. The lowest BCUT2D eigenvalue weighted by Gasteiger charge is -2.19. The van der Waals surface area contributed by atoms with Crippen LogP contribution in [0.25, 0.3) is 11.1 Å². The molecule has 0 unspecified atom stereocenters. The number of fused-ring (bicyclic) bond motifs is 2. The van der Waals surface area contributed by atoms with Crippen molar-refractivity contribution in [1.29, 1.82) is 0 Å². The molecule has 0 saturated carbocycles. The fraction of sp³-hybridized carbons (Fsp3) is 0. The molecule has 4 aromatic carbocycles. The Labute approximate surface area is 166 Å². The molecule has 1 nitrogen and oxygen atoms in total. The van der Waals surface area contributed by atoms with Crippen LogP contribution in [0, 0.1) is 0 Å². The average molecular weight is 386 g/mol. The van der Waals surface area contributed by atoms with Gasteiger partial charge in [-0.05, 0) is 41.5 Å². The summed E-state index contributed by atoms with van der Waals surface area (Å²) in [5.74, 6) is 0.356. The van der Waals surface area contributed by atoms with Gasteiger partial charge in [0.25, 0.3) is 0 Å². The van der Waals surface area contributed by atoms with Gasteiger partial charge in [-0.15, -0.1) is 0 Å². The van der Waals surface area contributed by atoms with Gasteiger partial charge in [-0.3, -0.25) is 0 Å². The van der Waals surface area contributed by atoms with Crippen LogP contribution >= 0.6 is 11.8 Å². The third kappa shape index (κ3) is 2.93. The Morgan fingerprint density at radius 3 is 1.81 bits per heavy atom. The first kappa shape index (κ1) is 16.5. The van der Waals surface area contributed by atoms with Gasteiger partial charge in [-0.25, -0.2) is 0 Å². The molecule has 0 aromatic heterocycles. The predicted octanol–water partition coefficient (Wildman–Crippen LogP) is 6.62. The van der Waals surface area contributed by atoms with E-state index < -0.39 is 0 Å². The van der Waals surface area contributed by atoms with Crippen molar-refractivity contribution >= 4 is 22.7 Å². The van der Waals surface area contributed by atoms with Crippen molar-refractivity contribution in [1.82, 2.24) is 0 Å². The fourth-order valence-corrected chi connectivity index (χ4v) is 7.19. The minimum atomic E-state index is -0.324. The van der Waals surface area contributed by atoms with Crippen LogP contribution in [0.4, 0.5) is 0 Å². The van der Waals surface area contributed by atoms with Crippen molar-refractivity contribution < 1.29 is 5.11 Å². The summed E-state index contributed by atoms with van der Waals surface area (Å²) in [7, 11) is -0.324. The summed E-state index contributed by atoms with van der Waals surface area (Å²) in [5, 5.41) is 10.8. The molecule has 0 spiro atoms. The smallest absolute Gasteiger partial charge is 0.208 e. The van der Waals surface area contributed by atoms with Crippen molar-refractivity contribution in [2.45, 2.75) is 24.5 Å². The summed E-state index contributed by atoms with van der Waals surface area (Å²) in [6.45, 7) is 0. The monoisotopic (exact) mass is 385 g/mol. The molecule has 3 heteroatoms. The van der Waals surface area contributed by atoms with E-state index in [9.17, 15) is 5.11 Å². The summed E-state index contributed by atoms with van der Waals surface area (Å²) in [6, 6.07) is 33.4. The lowest BCUT2D eigenvalue weighted by atomic mass is 10.1. The van der Waals surface area contributed by atoms with E-state index in [1.54, 1.807) is 0 Å². The Morgan fingerprint density at radius 2 is 1.15 bits per heavy atom. The van der Waals surface area contributed by atoms with Gasteiger partial charge in [0.1, 0.15) is 10.9 Å². The predicted molar refractivity (Wildman–Crippen MR) is 113 cm³/mol. The molecule has 0 amide bonds. The van der Waals surface area contributed by atoms with Crippen LogP contribution < -0.4 is 0 Å². The van der Waals surface area contributed by atoms with Crippen molar-refractivity contribution in [3.05, 3.63) is 97.1 Å². The van der Waals surface area contributed by atoms with E-state index in [4.69, 9.17) is 0 Å². The minimum Gasteiger partial charge on any atom is -0.503 e. The summed E-state index contributed by atoms with van der Waals surface area (Å²) in [5.41, 5.74) is 2.29. The SMILES string of the molecule is Oc1ccc(-c2ccccc2)cc1[S+]1c2ccccc2Sc2ccccc21. The number of benzene rings is 4. The van der Waals surface area contributed by atoms with Gasteiger partial charge in [-0.1, -0.05) is 72.4 Å². The molecule has 0 bridgehead atoms. The summed E-state index contributed by atoms with van der Waals surface area (Å²) >= 11 is 1.81. The maximum Gasteiger partial charge on any atom is 0.208 e. The second kappa shape index (κ2) is 6.84. The fourth-order valence-electron chi connectivity index (χ4n) is 3.37. The van der Waals surface area contributed by atoms with Crippen molar-refractivity contribution in [2.24, 2.45) is 0 Å². The average Bonchev–Trinajstić information content (AvgIpc) is 2.73. The van der Waals surface area contributed by atoms with Crippen molar-refractivity contribution in [2.75, 3.05) is 0 Å². The zero-order valence-electron chi connectivity index (χ0n) is 14.5. The largest absolute Gasteiger partial charge is 0.503 e. The van der Waals surface area contributed by atoms with E-state index in [-0.39, 0.29) is 10.9 Å². The first-order valence-corrected chi connectivity index (χ1v) is 10.8. The normalized spacial score (nSPS) is 13.0. The number of phenolic OH excluding ortho intramolecular Hbond substituents is 1. The van der Waals surface area contributed by atoms with Crippen LogP contribution in [0.3, 0.4) is 0 Å². The highest BCUT2D eigenvalue weighted by Crippen LogP contribution is 2.50. The number of rotatable bonds is 2. The Balaban J connectivity index is 1.73. The highest BCUT2D eigenvalue weighted by molar-refractivity contribution is 8.04. The molecule has 1 aliphatic heterocycles. The lowest BCUT2D eigenvalue weighted by molar-refractivity contribution is 0.462. The molecule has 0 atom stereocenters. The standard InChI is InChI=1S/C24H16OS2/c25-19-15-14-18(17-8-2-1-3-9-17)16-24(19)27-22-12-6-4-10-20(22)26-21-11-5-7-13-23(21)27/h1-16H/p+1. The zero-order valence-corrected chi connectivity index (χ0v) is 16.1.